The van der Waals surface area contributed by atoms with Crippen LogP contribution in [0.25, 0.3) is 0 Å². The highest BCUT2D eigenvalue weighted by Crippen LogP contribution is 2.48. The summed E-state index contributed by atoms with van der Waals surface area (Å²) in [5.41, 5.74) is 3.69. The van der Waals surface area contributed by atoms with E-state index in [-0.39, 0.29) is 36.1 Å². The number of halogens is 1. The number of carbonyl (C=O) groups is 3. The Kier molecular flexibility index (Phi) is 9.44. The van der Waals surface area contributed by atoms with Crippen LogP contribution in [0.4, 0.5) is 0 Å². The molecule has 0 spiro atoms. The average Bonchev–Trinajstić information content (AvgIpc) is 3.07. The van der Waals surface area contributed by atoms with E-state index >= 15 is 0 Å². The summed E-state index contributed by atoms with van der Waals surface area (Å²) in [6, 6.07) is 36.2. The third-order valence-corrected chi connectivity index (χ3v) is 11.6. The Hall–Kier alpha value is -3.53. The normalized spacial score (nSPS) is 20.9. The summed E-state index contributed by atoms with van der Waals surface area (Å²) in [5.74, 6) is -0.332. The molecule has 3 atom stereocenters. The number of rotatable bonds is 10. The van der Waals surface area contributed by atoms with Crippen LogP contribution in [0, 0.1) is 0 Å². The lowest BCUT2D eigenvalue weighted by Gasteiger charge is -2.54. The lowest BCUT2D eigenvalue weighted by atomic mass is 9.99. The number of carbonyl (C=O) groups excluding carboxylic acids is 3. The monoisotopic (exact) mass is 686 g/mol. The van der Waals surface area contributed by atoms with Gasteiger partial charge in [-0.1, -0.05) is 125 Å². The molecule has 0 radical (unpaired) electrons. The number of alkyl halides is 1. The Morgan fingerprint density at radius 2 is 1.50 bits per heavy atom. The fraction of sp³-hybridized carbons (Fsp3) is 0.229. The third kappa shape index (κ3) is 6.46. The number of esters is 1. The molecule has 44 heavy (non-hydrogen) atoms. The van der Waals surface area contributed by atoms with Gasteiger partial charge >= 0.3 is 5.97 Å². The molecule has 6 nitrogen and oxygen atoms in total. The minimum absolute atomic E-state index is 0.183. The number of nitrogens with zero attached hydrogens (tertiary/aromatic N) is 1. The lowest BCUT2D eigenvalue weighted by Crippen LogP contribution is -2.74. The first-order valence-electron chi connectivity index (χ1n) is 14.4. The SMILES string of the molecule is O=C(Cc1ccccc1)NC1C(=O)N2CC(Sc3ccccc3CBr)(C(=O)OC(c3ccccc3)c3ccccc3)CS[C@H]12. The van der Waals surface area contributed by atoms with Crippen molar-refractivity contribution in [2.75, 3.05) is 12.3 Å². The largest absolute Gasteiger partial charge is 0.451 e. The Bertz CT molecular complexity index is 1590. The zero-order valence-electron chi connectivity index (χ0n) is 23.8. The Morgan fingerprint density at radius 1 is 0.909 bits per heavy atom. The quantitative estimate of drug-likeness (QED) is 0.118. The maximum atomic E-state index is 14.5. The van der Waals surface area contributed by atoms with Crippen molar-refractivity contribution in [1.29, 1.82) is 0 Å². The van der Waals surface area contributed by atoms with E-state index in [4.69, 9.17) is 4.74 Å². The molecule has 0 aromatic heterocycles. The number of β-lactam (4-membered cyclic amide) rings is 1. The molecule has 0 aliphatic carbocycles. The van der Waals surface area contributed by atoms with Crippen LogP contribution >= 0.6 is 39.5 Å². The fourth-order valence-corrected chi connectivity index (χ4v) is 9.18. The van der Waals surface area contributed by atoms with Crippen LogP contribution in [-0.4, -0.2) is 51.1 Å². The molecule has 2 amide bonds. The van der Waals surface area contributed by atoms with Crippen LogP contribution in [0.5, 0.6) is 0 Å². The highest BCUT2D eigenvalue weighted by atomic mass is 79.9. The van der Waals surface area contributed by atoms with Crippen LogP contribution in [0.3, 0.4) is 0 Å². The van der Waals surface area contributed by atoms with Gasteiger partial charge in [-0.2, -0.15) is 0 Å². The van der Waals surface area contributed by atoms with Crippen LogP contribution in [0.2, 0.25) is 0 Å². The number of ether oxygens (including phenoxy) is 1. The number of amides is 2. The van der Waals surface area contributed by atoms with Crippen molar-refractivity contribution in [3.63, 3.8) is 0 Å². The van der Waals surface area contributed by atoms with Gasteiger partial charge in [-0.05, 0) is 28.3 Å². The van der Waals surface area contributed by atoms with E-state index in [2.05, 4.69) is 21.2 Å². The van der Waals surface area contributed by atoms with E-state index < -0.39 is 16.9 Å². The van der Waals surface area contributed by atoms with Crippen molar-refractivity contribution >= 4 is 57.2 Å². The summed E-state index contributed by atoms with van der Waals surface area (Å²) in [4.78, 5) is 43.4. The van der Waals surface area contributed by atoms with Crippen molar-refractivity contribution in [2.24, 2.45) is 0 Å². The highest BCUT2D eigenvalue weighted by Gasteiger charge is 2.58. The van der Waals surface area contributed by atoms with Crippen LogP contribution in [0.1, 0.15) is 28.4 Å². The van der Waals surface area contributed by atoms with Gasteiger partial charge in [-0.3, -0.25) is 14.4 Å². The molecule has 4 aromatic carbocycles. The van der Waals surface area contributed by atoms with Gasteiger partial charge in [-0.15, -0.1) is 23.5 Å². The Labute approximate surface area is 274 Å². The number of nitrogens with one attached hydrogen (secondary N) is 1. The molecule has 0 bridgehead atoms. The standard InChI is InChI=1S/C35H31BrN2O4S2/c36-21-27-18-10-11-19-28(27)44-35(34(41)42-31(25-14-6-2-7-15-25)26-16-8-3-9-17-26)22-38-32(40)30(33(38)43-23-35)37-29(39)20-24-12-4-1-5-13-24/h1-19,30-31,33H,20-23H2,(H,37,39)/t30?,33-,35?/m1/s1. The number of benzene rings is 4. The van der Waals surface area contributed by atoms with Gasteiger partial charge in [0.15, 0.2) is 6.10 Å². The summed E-state index contributed by atoms with van der Waals surface area (Å²) in [7, 11) is 0. The number of fused-ring (bicyclic) bond motifs is 1. The zero-order chi connectivity index (χ0) is 30.5. The molecule has 2 aliphatic heterocycles. The van der Waals surface area contributed by atoms with E-state index in [0.717, 1.165) is 27.1 Å². The second-order valence-corrected chi connectivity index (χ2v) is 13.9. The summed E-state index contributed by atoms with van der Waals surface area (Å²) < 4.78 is 5.36. The van der Waals surface area contributed by atoms with Gasteiger partial charge < -0.3 is 15.0 Å². The number of hydrogen-bond acceptors (Lipinski definition) is 6. The fourth-order valence-electron chi connectivity index (χ4n) is 5.51. The smallest absolute Gasteiger partial charge is 0.326 e. The number of thioether (sulfide) groups is 2. The molecule has 2 saturated heterocycles. The van der Waals surface area contributed by atoms with Crippen LogP contribution in [0.15, 0.2) is 120 Å². The molecule has 6 rings (SSSR count). The van der Waals surface area contributed by atoms with Crippen molar-refractivity contribution in [2.45, 2.75) is 38.9 Å². The molecule has 2 aliphatic rings. The van der Waals surface area contributed by atoms with Crippen molar-refractivity contribution in [1.82, 2.24) is 10.2 Å². The summed E-state index contributed by atoms with van der Waals surface area (Å²) in [5, 5.41) is 3.32. The maximum Gasteiger partial charge on any atom is 0.326 e. The van der Waals surface area contributed by atoms with E-state index in [1.54, 1.807) is 4.90 Å². The topological polar surface area (TPSA) is 75.7 Å². The van der Waals surface area contributed by atoms with Crippen LogP contribution in [-0.2, 0) is 30.9 Å². The molecule has 2 unspecified atom stereocenters. The van der Waals surface area contributed by atoms with E-state index in [9.17, 15) is 14.4 Å². The van der Waals surface area contributed by atoms with Crippen molar-refractivity contribution < 1.29 is 19.1 Å². The third-order valence-electron chi connectivity index (χ3n) is 7.80. The molecule has 9 heteroatoms. The molecule has 2 fully saturated rings. The predicted molar refractivity (Wildman–Crippen MR) is 179 cm³/mol. The van der Waals surface area contributed by atoms with Gasteiger partial charge in [-0.25, -0.2) is 0 Å². The van der Waals surface area contributed by atoms with E-state index in [0.29, 0.717) is 11.1 Å². The minimum atomic E-state index is -1.06. The van der Waals surface area contributed by atoms with Crippen molar-refractivity contribution in [3.8, 4) is 0 Å². The molecular weight excluding hydrogens is 656 g/mol. The molecule has 224 valence electrons. The second kappa shape index (κ2) is 13.6. The second-order valence-electron chi connectivity index (χ2n) is 10.8. The first-order chi connectivity index (χ1) is 21.5. The first-order valence-corrected chi connectivity index (χ1v) is 17.4. The number of hydrogen-bond donors (Lipinski definition) is 1. The Balaban J connectivity index is 1.25. The van der Waals surface area contributed by atoms with Gasteiger partial charge in [0.05, 0.1) is 6.42 Å². The van der Waals surface area contributed by atoms with E-state index in [1.165, 1.54) is 23.5 Å². The summed E-state index contributed by atoms with van der Waals surface area (Å²) in [6.45, 7) is 0.185. The first kappa shape index (κ1) is 30.5. The molecule has 2 heterocycles. The van der Waals surface area contributed by atoms with E-state index in [1.807, 2.05) is 115 Å². The predicted octanol–water partition coefficient (Wildman–Crippen LogP) is 6.39. The molecule has 0 saturated carbocycles. The van der Waals surface area contributed by atoms with Crippen molar-refractivity contribution in [3.05, 3.63) is 138 Å². The molecular formula is C35H31BrN2O4S2. The van der Waals surface area contributed by atoms with Gasteiger partial charge in [0.2, 0.25) is 11.8 Å². The average molecular weight is 688 g/mol. The zero-order valence-corrected chi connectivity index (χ0v) is 27.0. The maximum absolute atomic E-state index is 14.5. The molecule has 4 aromatic rings. The van der Waals surface area contributed by atoms with Gasteiger partial charge in [0, 0.05) is 22.5 Å². The highest BCUT2D eigenvalue weighted by molar-refractivity contribution is 9.08. The van der Waals surface area contributed by atoms with Gasteiger partial charge in [0.25, 0.3) is 0 Å². The minimum Gasteiger partial charge on any atom is -0.451 e. The molecule has 1 N–H and O–H groups in total. The Morgan fingerprint density at radius 3 is 2.14 bits per heavy atom. The lowest BCUT2D eigenvalue weighted by molar-refractivity contribution is -0.156. The van der Waals surface area contributed by atoms with Gasteiger partial charge in [0.1, 0.15) is 16.2 Å². The van der Waals surface area contributed by atoms with Crippen LogP contribution < -0.4 is 5.32 Å². The summed E-state index contributed by atoms with van der Waals surface area (Å²) >= 11 is 6.56. The summed E-state index contributed by atoms with van der Waals surface area (Å²) in [6.07, 6.45) is -0.397.